The number of hydrogen-bond acceptors (Lipinski definition) is 3. The van der Waals surface area contributed by atoms with Crippen LogP contribution in [-0.2, 0) is 4.74 Å². The molecular formula is C7H4B2ClNO2. The van der Waals surface area contributed by atoms with Crippen LogP contribution >= 0.6 is 11.6 Å². The lowest BCUT2D eigenvalue weighted by Crippen LogP contribution is -2.29. The summed E-state index contributed by atoms with van der Waals surface area (Å²) in [6, 6.07) is 0. The van der Waals surface area contributed by atoms with Gasteiger partial charge in [-0.1, -0.05) is 17.1 Å². The van der Waals surface area contributed by atoms with Gasteiger partial charge in [-0.3, -0.25) is 0 Å². The molecule has 3 nitrogen and oxygen atoms in total. The molecule has 0 amide bonds. The van der Waals surface area contributed by atoms with Crippen LogP contribution in [0.25, 0.3) is 0 Å². The van der Waals surface area contributed by atoms with E-state index in [1.54, 1.807) is 0 Å². The Morgan fingerprint density at radius 2 is 2.23 bits per heavy atom. The van der Waals surface area contributed by atoms with E-state index in [9.17, 15) is 4.79 Å². The van der Waals surface area contributed by atoms with Crippen LogP contribution < -0.4 is 10.9 Å². The Balaban J connectivity index is 3.33. The summed E-state index contributed by atoms with van der Waals surface area (Å²) < 4.78 is 4.47. The van der Waals surface area contributed by atoms with E-state index in [1.165, 1.54) is 13.3 Å². The summed E-state index contributed by atoms with van der Waals surface area (Å²) >= 11 is 5.59. The molecule has 0 spiro atoms. The van der Waals surface area contributed by atoms with Gasteiger partial charge in [0.25, 0.3) is 0 Å². The topological polar surface area (TPSA) is 39.2 Å². The van der Waals surface area contributed by atoms with Gasteiger partial charge in [-0.15, -0.1) is 0 Å². The molecule has 1 rings (SSSR count). The zero-order valence-electron chi connectivity index (χ0n) is 6.87. The van der Waals surface area contributed by atoms with E-state index in [4.69, 9.17) is 27.3 Å². The first-order chi connectivity index (χ1) is 6.07. The molecule has 0 N–H and O–H groups in total. The maximum absolute atomic E-state index is 11.1. The number of nitrogens with zero attached hydrogens (tertiary/aromatic N) is 1. The van der Waals surface area contributed by atoms with Crippen molar-refractivity contribution in [2.75, 3.05) is 7.11 Å². The molecule has 0 aliphatic rings. The lowest BCUT2D eigenvalue weighted by molar-refractivity contribution is 0.0604. The first-order valence-electron chi connectivity index (χ1n) is 3.35. The summed E-state index contributed by atoms with van der Waals surface area (Å²) in [4.78, 5) is 14.8. The Morgan fingerprint density at radius 3 is 2.77 bits per heavy atom. The first kappa shape index (κ1) is 10.1. The van der Waals surface area contributed by atoms with Crippen molar-refractivity contribution in [2.45, 2.75) is 0 Å². The van der Waals surface area contributed by atoms with Gasteiger partial charge in [0.15, 0.2) is 0 Å². The molecule has 1 heterocycles. The van der Waals surface area contributed by atoms with E-state index in [-0.39, 0.29) is 21.6 Å². The van der Waals surface area contributed by atoms with Crippen LogP contribution in [0.4, 0.5) is 0 Å². The lowest BCUT2D eigenvalue weighted by atomic mass is 9.83. The molecule has 0 atom stereocenters. The zero-order valence-corrected chi connectivity index (χ0v) is 7.63. The Labute approximate surface area is 83.3 Å². The van der Waals surface area contributed by atoms with Crippen LogP contribution in [0.1, 0.15) is 10.4 Å². The first-order valence-corrected chi connectivity index (χ1v) is 3.73. The van der Waals surface area contributed by atoms with Crippen LogP contribution in [-0.4, -0.2) is 33.8 Å². The number of aromatic nitrogens is 1. The van der Waals surface area contributed by atoms with Crippen molar-refractivity contribution in [3.05, 3.63) is 16.9 Å². The second-order valence-corrected chi connectivity index (χ2v) is 2.64. The van der Waals surface area contributed by atoms with Gasteiger partial charge >= 0.3 is 5.97 Å². The minimum atomic E-state index is -0.626. The highest BCUT2D eigenvalue weighted by Crippen LogP contribution is 2.01. The molecule has 4 radical (unpaired) electrons. The Hall–Kier alpha value is -0.960. The lowest BCUT2D eigenvalue weighted by Gasteiger charge is -2.08. The number of rotatable bonds is 1. The second-order valence-electron chi connectivity index (χ2n) is 2.28. The predicted molar refractivity (Wildman–Crippen MR) is 51.4 cm³/mol. The number of carbonyl (C=O) groups excluding carboxylic acids is 1. The molecule has 0 aliphatic heterocycles. The number of methoxy groups -OCH3 is 1. The van der Waals surface area contributed by atoms with E-state index >= 15 is 0 Å². The fourth-order valence-electron chi connectivity index (χ4n) is 0.849. The smallest absolute Gasteiger partial charge is 0.336 e. The summed E-state index contributed by atoms with van der Waals surface area (Å²) in [5.41, 5.74) is 0.241. The Morgan fingerprint density at radius 1 is 1.62 bits per heavy atom. The molecule has 0 bridgehead atoms. The predicted octanol–water partition coefficient (Wildman–Crippen LogP) is -0.891. The number of esters is 1. The van der Waals surface area contributed by atoms with Crippen LogP contribution in [0.2, 0.25) is 5.15 Å². The van der Waals surface area contributed by atoms with E-state index in [1.807, 2.05) is 0 Å². The summed E-state index contributed by atoms with van der Waals surface area (Å²) in [7, 11) is 12.2. The third kappa shape index (κ3) is 1.86. The van der Waals surface area contributed by atoms with Crippen molar-refractivity contribution in [1.29, 1.82) is 0 Å². The maximum atomic E-state index is 11.1. The van der Waals surface area contributed by atoms with E-state index in [2.05, 4.69) is 9.72 Å². The molecule has 0 saturated heterocycles. The van der Waals surface area contributed by atoms with E-state index < -0.39 is 5.97 Å². The van der Waals surface area contributed by atoms with Gasteiger partial charge in [0.2, 0.25) is 0 Å². The average molecular weight is 191 g/mol. The summed E-state index contributed by atoms with van der Waals surface area (Å²) in [5.74, 6) is -0.626. The quantitative estimate of drug-likeness (QED) is 0.328. The highest BCUT2D eigenvalue weighted by molar-refractivity contribution is 6.49. The monoisotopic (exact) mass is 191 g/mol. The number of ether oxygens (including phenoxy) is 1. The van der Waals surface area contributed by atoms with Crippen molar-refractivity contribution in [3.63, 3.8) is 0 Å². The SMILES string of the molecule is [B]c1cnc(Cl)c([B])c1C(=O)OC. The molecule has 6 heteroatoms. The van der Waals surface area contributed by atoms with Crippen molar-refractivity contribution < 1.29 is 9.53 Å². The molecule has 0 aromatic carbocycles. The van der Waals surface area contributed by atoms with Gasteiger partial charge in [0.1, 0.15) is 20.8 Å². The molecule has 0 unspecified atom stereocenters. The van der Waals surface area contributed by atoms with Gasteiger partial charge in [-0.05, 0) is 5.46 Å². The molecule has 0 aliphatic carbocycles. The second kappa shape index (κ2) is 3.83. The highest BCUT2D eigenvalue weighted by atomic mass is 35.5. The number of hydrogen-bond donors (Lipinski definition) is 0. The standard InChI is InChI=1S/C7H4B2ClNO2/c1-13-7(12)4-3(8)2-11-6(10)5(4)9/h2H,1H3. The Kier molecular flexibility index (Phi) is 2.98. The van der Waals surface area contributed by atoms with Crippen LogP contribution in [0.5, 0.6) is 0 Å². The average Bonchev–Trinajstić information content (AvgIpc) is 2.12. The minimum absolute atomic E-state index is 0.0357. The van der Waals surface area contributed by atoms with Crippen molar-refractivity contribution >= 4 is 44.2 Å². The van der Waals surface area contributed by atoms with Crippen LogP contribution in [0, 0.1) is 0 Å². The molecule has 1 aromatic heterocycles. The third-order valence-electron chi connectivity index (χ3n) is 1.49. The van der Waals surface area contributed by atoms with Gasteiger partial charge in [0.05, 0.1) is 12.7 Å². The van der Waals surface area contributed by atoms with Crippen molar-refractivity contribution in [2.24, 2.45) is 0 Å². The zero-order chi connectivity index (χ0) is 10.0. The number of carbonyl (C=O) groups is 1. The molecule has 0 saturated carbocycles. The fraction of sp³-hybridized carbons (Fsp3) is 0.143. The van der Waals surface area contributed by atoms with Gasteiger partial charge < -0.3 is 4.74 Å². The summed E-state index contributed by atoms with van der Waals surface area (Å²) in [6.07, 6.45) is 1.25. The molecule has 13 heavy (non-hydrogen) atoms. The Bertz CT molecular complexity index is 357. The molecule has 62 valence electrons. The van der Waals surface area contributed by atoms with Crippen molar-refractivity contribution in [3.8, 4) is 0 Å². The number of pyridine rings is 1. The highest BCUT2D eigenvalue weighted by Gasteiger charge is 2.14. The summed E-state index contributed by atoms with van der Waals surface area (Å²) in [6.45, 7) is 0. The normalized spacial score (nSPS) is 9.69. The molecule has 0 fully saturated rings. The van der Waals surface area contributed by atoms with Gasteiger partial charge in [-0.25, -0.2) is 9.78 Å². The third-order valence-corrected chi connectivity index (χ3v) is 1.79. The molecule has 1 aromatic rings. The van der Waals surface area contributed by atoms with Gasteiger partial charge in [-0.2, -0.15) is 0 Å². The fourth-order valence-corrected chi connectivity index (χ4v) is 0.992. The van der Waals surface area contributed by atoms with Crippen molar-refractivity contribution in [1.82, 2.24) is 4.98 Å². The summed E-state index contributed by atoms with van der Waals surface area (Å²) in [5, 5.41) is 0.0367. The minimum Gasteiger partial charge on any atom is -0.465 e. The largest absolute Gasteiger partial charge is 0.465 e. The van der Waals surface area contributed by atoms with Gasteiger partial charge in [0, 0.05) is 6.20 Å². The maximum Gasteiger partial charge on any atom is 0.336 e. The van der Waals surface area contributed by atoms with E-state index in [0.717, 1.165) is 0 Å². The molecular weight excluding hydrogens is 187 g/mol. The van der Waals surface area contributed by atoms with Crippen LogP contribution in [0.15, 0.2) is 6.20 Å². The van der Waals surface area contributed by atoms with E-state index in [0.29, 0.717) is 0 Å². The van der Waals surface area contributed by atoms with Crippen LogP contribution in [0.3, 0.4) is 0 Å². The number of halogens is 1.